The molecule has 0 heterocycles. The molecule has 0 unspecified atom stereocenters. The molecule has 0 aromatic rings. The van der Waals surface area contributed by atoms with Crippen LogP contribution < -0.4 is 5.73 Å². The highest BCUT2D eigenvalue weighted by atomic mass is 35.5. The molecule has 62 valence electrons. The molecule has 0 fully saturated rings. The fourth-order valence-electron chi connectivity index (χ4n) is 0.685. The van der Waals surface area contributed by atoms with Crippen LogP contribution in [0, 0.1) is 5.92 Å². The minimum atomic E-state index is -0.185. The van der Waals surface area contributed by atoms with Crippen LogP contribution in [0.25, 0.3) is 0 Å². The van der Waals surface area contributed by atoms with E-state index in [1.165, 1.54) is 0 Å². The monoisotopic (exact) mass is 165 g/mol. The Morgan fingerprint density at radius 2 is 2.00 bits per heavy atom. The highest BCUT2D eigenvalue weighted by Crippen LogP contribution is 2.04. The summed E-state index contributed by atoms with van der Waals surface area (Å²) in [5, 5.41) is 0. The van der Waals surface area contributed by atoms with E-state index < -0.39 is 0 Å². The molecule has 0 rings (SSSR count). The van der Waals surface area contributed by atoms with Crippen molar-refractivity contribution in [3.8, 4) is 0 Å². The normalized spacial score (nSPS) is 9.10. The molecular weight excluding hydrogens is 150 g/mol. The van der Waals surface area contributed by atoms with Crippen LogP contribution in [-0.2, 0) is 4.79 Å². The maximum Gasteiger partial charge on any atom is 0.217 e. The maximum atomic E-state index is 10.2. The number of hydrogen-bond donors (Lipinski definition) is 1. The molecule has 1 amide bonds. The first-order valence-electron chi connectivity index (χ1n) is 3.41. The number of rotatable bonds is 4. The smallest absolute Gasteiger partial charge is 0.217 e. The number of carbonyl (C=O) groups is 1. The minimum Gasteiger partial charge on any atom is -0.370 e. The molecule has 10 heavy (non-hydrogen) atoms. The predicted octanol–water partition coefficient (Wildman–Crippen LogP) is 1.72. The largest absolute Gasteiger partial charge is 0.370 e. The van der Waals surface area contributed by atoms with Gasteiger partial charge in [-0.05, 0) is 12.3 Å². The first-order chi connectivity index (χ1) is 4.13. The lowest BCUT2D eigenvalue weighted by Gasteiger charge is -2.00. The van der Waals surface area contributed by atoms with Crippen molar-refractivity contribution in [2.24, 2.45) is 11.7 Å². The van der Waals surface area contributed by atoms with Crippen LogP contribution >= 0.6 is 12.4 Å². The molecule has 0 bridgehead atoms. The molecular formula is C7H16ClNO. The van der Waals surface area contributed by atoms with Gasteiger partial charge in [-0.3, -0.25) is 4.79 Å². The molecule has 2 nitrogen and oxygen atoms in total. The summed E-state index contributed by atoms with van der Waals surface area (Å²) in [6.45, 7) is 4.28. The van der Waals surface area contributed by atoms with Crippen molar-refractivity contribution in [3.63, 3.8) is 0 Å². The van der Waals surface area contributed by atoms with Crippen molar-refractivity contribution in [1.29, 1.82) is 0 Å². The molecule has 0 radical (unpaired) electrons. The van der Waals surface area contributed by atoms with Crippen LogP contribution in [0.4, 0.5) is 0 Å². The van der Waals surface area contributed by atoms with Gasteiger partial charge < -0.3 is 5.73 Å². The van der Waals surface area contributed by atoms with E-state index in [2.05, 4.69) is 13.8 Å². The third kappa shape index (κ3) is 10.7. The molecule has 0 aromatic heterocycles. The number of hydrogen-bond acceptors (Lipinski definition) is 1. The lowest BCUT2D eigenvalue weighted by Crippen LogP contribution is -2.09. The molecule has 0 saturated heterocycles. The van der Waals surface area contributed by atoms with Crippen molar-refractivity contribution < 1.29 is 4.79 Å². The van der Waals surface area contributed by atoms with Gasteiger partial charge in [-0.15, -0.1) is 12.4 Å². The van der Waals surface area contributed by atoms with E-state index in [1.54, 1.807) is 0 Å². The van der Waals surface area contributed by atoms with Gasteiger partial charge in [0.05, 0.1) is 0 Å². The molecule has 0 aromatic carbocycles. The Balaban J connectivity index is 0. The lowest BCUT2D eigenvalue weighted by atomic mass is 10.1. The third-order valence-electron chi connectivity index (χ3n) is 1.20. The second-order valence-corrected chi connectivity index (χ2v) is 2.75. The van der Waals surface area contributed by atoms with E-state index in [0.717, 1.165) is 12.8 Å². The second-order valence-electron chi connectivity index (χ2n) is 2.75. The second kappa shape index (κ2) is 6.87. The average molecular weight is 166 g/mol. The van der Waals surface area contributed by atoms with Crippen molar-refractivity contribution in [1.82, 2.24) is 0 Å². The van der Waals surface area contributed by atoms with Gasteiger partial charge in [0.1, 0.15) is 0 Å². The predicted molar refractivity (Wildman–Crippen MR) is 45.1 cm³/mol. The Kier molecular flexibility index (Phi) is 8.55. The molecule has 0 aliphatic carbocycles. The van der Waals surface area contributed by atoms with E-state index in [4.69, 9.17) is 5.73 Å². The zero-order valence-electron chi connectivity index (χ0n) is 6.59. The van der Waals surface area contributed by atoms with Gasteiger partial charge >= 0.3 is 0 Å². The summed E-state index contributed by atoms with van der Waals surface area (Å²) < 4.78 is 0. The van der Waals surface area contributed by atoms with Gasteiger partial charge in [0.25, 0.3) is 0 Å². The van der Waals surface area contributed by atoms with Crippen LogP contribution in [0.3, 0.4) is 0 Å². The number of nitrogens with two attached hydrogens (primary N) is 1. The molecule has 3 heteroatoms. The summed E-state index contributed by atoms with van der Waals surface area (Å²) >= 11 is 0. The Hall–Kier alpha value is -0.240. The van der Waals surface area contributed by atoms with Gasteiger partial charge in [0.2, 0.25) is 5.91 Å². The highest BCUT2D eigenvalue weighted by molar-refractivity contribution is 5.85. The third-order valence-corrected chi connectivity index (χ3v) is 1.20. The topological polar surface area (TPSA) is 43.1 Å². The quantitative estimate of drug-likeness (QED) is 0.678. The fraction of sp³-hybridized carbons (Fsp3) is 0.857. The van der Waals surface area contributed by atoms with E-state index in [-0.39, 0.29) is 18.3 Å². The summed E-state index contributed by atoms with van der Waals surface area (Å²) in [5.41, 5.74) is 4.94. The molecule has 0 aliphatic heterocycles. The number of halogens is 1. The Bertz CT molecular complexity index is 93.6. The van der Waals surface area contributed by atoms with Gasteiger partial charge in [-0.1, -0.05) is 20.3 Å². The number of primary amides is 1. The molecule has 0 spiro atoms. The van der Waals surface area contributed by atoms with Crippen molar-refractivity contribution >= 4 is 18.3 Å². The minimum absolute atomic E-state index is 0. The maximum absolute atomic E-state index is 10.2. The van der Waals surface area contributed by atoms with Gasteiger partial charge in [0.15, 0.2) is 0 Å². The standard InChI is InChI=1S/C7H15NO.ClH/c1-6(2)4-3-5-7(8)9;/h6H,3-5H2,1-2H3,(H2,8,9);1H. The zero-order valence-corrected chi connectivity index (χ0v) is 7.41. The molecule has 0 atom stereocenters. The number of carbonyl (C=O) groups excluding carboxylic acids is 1. The summed E-state index contributed by atoms with van der Waals surface area (Å²) in [6, 6.07) is 0. The average Bonchev–Trinajstić information content (AvgIpc) is 1.63. The fourth-order valence-corrected chi connectivity index (χ4v) is 0.685. The van der Waals surface area contributed by atoms with Crippen LogP contribution in [0.2, 0.25) is 0 Å². The highest BCUT2D eigenvalue weighted by Gasteiger charge is 1.96. The summed E-state index contributed by atoms with van der Waals surface area (Å²) in [7, 11) is 0. The van der Waals surface area contributed by atoms with E-state index in [0.29, 0.717) is 12.3 Å². The summed E-state index contributed by atoms with van der Waals surface area (Å²) in [5.74, 6) is 0.500. The molecule has 0 saturated carbocycles. The van der Waals surface area contributed by atoms with Gasteiger partial charge in [0, 0.05) is 6.42 Å². The van der Waals surface area contributed by atoms with Gasteiger partial charge in [-0.2, -0.15) is 0 Å². The van der Waals surface area contributed by atoms with Gasteiger partial charge in [-0.25, -0.2) is 0 Å². The van der Waals surface area contributed by atoms with Crippen LogP contribution in [0.1, 0.15) is 33.1 Å². The van der Waals surface area contributed by atoms with E-state index in [9.17, 15) is 4.79 Å². The van der Waals surface area contributed by atoms with Crippen molar-refractivity contribution in [3.05, 3.63) is 0 Å². The van der Waals surface area contributed by atoms with Crippen molar-refractivity contribution in [2.45, 2.75) is 33.1 Å². The Labute approximate surface area is 68.6 Å². The first kappa shape index (κ1) is 12.4. The van der Waals surface area contributed by atoms with E-state index in [1.807, 2.05) is 0 Å². The lowest BCUT2D eigenvalue weighted by molar-refractivity contribution is -0.118. The summed E-state index contributed by atoms with van der Waals surface area (Å²) in [4.78, 5) is 10.2. The van der Waals surface area contributed by atoms with Crippen LogP contribution in [-0.4, -0.2) is 5.91 Å². The first-order valence-corrected chi connectivity index (χ1v) is 3.41. The van der Waals surface area contributed by atoms with Crippen LogP contribution in [0.15, 0.2) is 0 Å². The summed E-state index contributed by atoms with van der Waals surface area (Å²) in [6.07, 6.45) is 2.58. The zero-order chi connectivity index (χ0) is 7.28. The SMILES string of the molecule is CC(C)CCCC(N)=O.Cl. The number of amides is 1. The Morgan fingerprint density at radius 1 is 1.50 bits per heavy atom. The van der Waals surface area contributed by atoms with Crippen LogP contribution in [0.5, 0.6) is 0 Å². The molecule has 2 N–H and O–H groups in total. The Morgan fingerprint density at radius 3 is 2.30 bits per heavy atom. The van der Waals surface area contributed by atoms with E-state index >= 15 is 0 Å². The molecule has 0 aliphatic rings. The van der Waals surface area contributed by atoms with Crippen molar-refractivity contribution in [2.75, 3.05) is 0 Å².